The third-order valence-corrected chi connectivity index (χ3v) is 2.60. The van der Waals surface area contributed by atoms with Crippen molar-refractivity contribution in [3.8, 4) is 0 Å². The van der Waals surface area contributed by atoms with Gasteiger partial charge in [-0.05, 0) is 0 Å². The molecule has 0 amide bonds. The molecule has 2 heterocycles. The van der Waals surface area contributed by atoms with Gasteiger partial charge in [-0.25, -0.2) is 10.6 Å². The van der Waals surface area contributed by atoms with Crippen LogP contribution in [0.4, 0.5) is 5.00 Å². The number of anilines is 1. The van der Waals surface area contributed by atoms with E-state index in [-0.39, 0.29) is 6.54 Å². The van der Waals surface area contributed by atoms with E-state index in [0.717, 1.165) is 11.5 Å². The number of nitrogens with one attached hydrogen (secondary N) is 2. The molecule has 2 aromatic rings. The lowest BCUT2D eigenvalue weighted by Crippen LogP contribution is -2.29. The Hall–Kier alpha value is -2.00. The fourth-order valence-corrected chi connectivity index (χ4v) is 1.64. The van der Waals surface area contributed by atoms with Gasteiger partial charge in [0.1, 0.15) is 10.7 Å². The molecule has 0 saturated heterocycles. The molecule has 0 aliphatic rings. The maximum Gasteiger partial charge on any atom is 0.328 e. The predicted molar refractivity (Wildman–Crippen MR) is 58.1 cm³/mol. The van der Waals surface area contributed by atoms with Crippen LogP contribution >= 0.6 is 11.5 Å². The number of nitrogens with two attached hydrogens (primary N) is 1. The van der Waals surface area contributed by atoms with E-state index < -0.39 is 11.2 Å². The maximum absolute atomic E-state index is 11.4. The number of H-pyrrole nitrogens is 1. The third-order valence-electron chi connectivity index (χ3n) is 1.90. The smallest absolute Gasteiger partial charge is 0.313 e. The lowest BCUT2D eigenvalue weighted by atomic mass is 10.4. The normalized spacial score (nSPS) is 10.3. The largest absolute Gasteiger partial charge is 0.328 e. The zero-order valence-corrected chi connectivity index (χ0v) is 8.82. The number of hydrazine groups is 1. The summed E-state index contributed by atoms with van der Waals surface area (Å²) in [5, 5.41) is 4.40. The Morgan fingerprint density at radius 1 is 1.56 bits per heavy atom. The number of hydrogen-bond donors (Lipinski definition) is 3. The van der Waals surface area contributed by atoms with Gasteiger partial charge in [0.05, 0.1) is 6.54 Å². The SMILES string of the molecule is NNc1snnc1Cn1ccc(=O)[nH]c1=O. The van der Waals surface area contributed by atoms with Crippen LogP contribution in [0.3, 0.4) is 0 Å². The van der Waals surface area contributed by atoms with Crippen LogP contribution in [0.2, 0.25) is 0 Å². The molecule has 0 spiro atoms. The van der Waals surface area contributed by atoms with Crippen molar-refractivity contribution in [1.82, 2.24) is 19.1 Å². The summed E-state index contributed by atoms with van der Waals surface area (Å²) in [5.74, 6) is 5.25. The molecule has 0 radical (unpaired) electrons. The van der Waals surface area contributed by atoms with Gasteiger partial charge < -0.3 is 5.43 Å². The molecule has 0 saturated carbocycles. The topological polar surface area (TPSA) is 119 Å². The van der Waals surface area contributed by atoms with Crippen LogP contribution in [0.15, 0.2) is 21.9 Å². The van der Waals surface area contributed by atoms with E-state index in [4.69, 9.17) is 5.84 Å². The fraction of sp³-hybridized carbons (Fsp3) is 0.143. The Morgan fingerprint density at radius 2 is 2.38 bits per heavy atom. The van der Waals surface area contributed by atoms with Gasteiger partial charge in [0.25, 0.3) is 5.56 Å². The van der Waals surface area contributed by atoms with E-state index in [1.807, 2.05) is 0 Å². The first-order valence-corrected chi connectivity index (χ1v) is 5.05. The number of nitrogen functional groups attached to an aromatic ring is 1. The highest BCUT2D eigenvalue weighted by molar-refractivity contribution is 7.10. The van der Waals surface area contributed by atoms with Gasteiger partial charge in [-0.1, -0.05) is 4.49 Å². The summed E-state index contributed by atoms with van der Waals surface area (Å²) in [6.07, 6.45) is 1.39. The van der Waals surface area contributed by atoms with Crippen molar-refractivity contribution in [3.63, 3.8) is 0 Å². The average Bonchev–Trinajstić information content (AvgIpc) is 2.69. The van der Waals surface area contributed by atoms with E-state index >= 15 is 0 Å². The first-order chi connectivity index (χ1) is 7.70. The maximum atomic E-state index is 11.4. The Labute approximate surface area is 92.9 Å². The number of aromatic nitrogens is 4. The Bertz CT molecular complexity index is 599. The van der Waals surface area contributed by atoms with Crippen molar-refractivity contribution in [2.45, 2.75) is 6.54 Å². The van der Waals surface area contributed by atoms with Gasteiger partial charge in [-0.3, -0.25) is 14.3 Å². The first-order valence-electron chi connectivity index (χ1n) is 4.28. The number of aromatic amines is 1. The Balaban J connectivity index is 2.34. The Kier molecular flexibility index (Phi) is 2.79. The van der Waals surface area contributed by atoms with E-state index in [2.05, 4.69) is 20.0 Å². The van der Waals surface area contributed by atoms with Gasteiger partial charge in [0, 0.05) is 23.8 Å². The molecule has 4 N–H and O–H groups in total. The van der Waals surface area contributed by atoms with Crippen LogP contribution in [0.1, 0.15) is 5.69 Å². The molecule has 0 aromatic carbocycles. The van der Waals surface area contributed by atoms with Crippen molar-refractivity contribution in [2.75, 3.05) is 5.43 Å². The second-order valence-corrected chi connectivity index (χ2v) is 3.69. The predicted octanol–water partition coefficient (Wildman–Crippen LogP) is -1.28. The van der Waals surface area contributed by atoms with Gasteiger partial charge >= 0.3 is 5.69 Å². The molecule has 2 rings (SSSR count). The first kappa shape index (κ1) is 10.5. The standard InChI is InChI=1S/C7H8N6O2S/c8-10-6-4(11-12-16-6)3-13-2-1-5(14)9-7(13)15/h1-2,10H,3,8H2,(H,9,14,15). The molecule has 9 heteroatoms. The molecular formula is C7H8N6O2S. The van der Waals surface area contributed by atoms with Crippen molar-refractivity contribution < 1.29 is 0 Å². The molecule has 0 bridgehead atoms. The summed E-state index contributed by atoms with van der Waals surface area (Å²) in [5.41, 5.74) is 2.04. The number of nitrogens with zero attached hydrogens (tertiary/aromatic N) is 3. The lowest BCUT2D eigenvalue weighted by molar-refractivity contribution is 0.703. The third kappa shape index (κ3) is 1.99. The quantitative estimate of drug-likeness (QED) is 0.454. The summed E-state index contributed by atoms with van der Waals surface area (Å²) >= 11 is 1.09. The second-order valence-electron chi connectivity index (χ2n) is 2.93. The minimum atomic E-state index is -0.497. The molecule has 0 atom stereocenters. The molecular weight excluding hydrogens is 232 g/mol. The zero-order chi connectivity index (χ0) is 11.5. The average molecular weight is 240 g/mol. The highest BCUT2D eigenvalue weighted by Crippen LogP contribution is 2.15. The van der Waals surface area contributed by atoms with Gasteiger partial charge in [-0.15, -0.1) is 5.10 Å². The Morgan fingerprint density at radius 3 is 3.06 bits per heavy atom. The lowest BCUT2D eigenvalue weighted by Gasteiger charge is -2.02. The summed E-state index contributed by atoms with van der Waals surface area (Å²) in [7, 11) is 0. The monoisotopic (exact) mass is 240 g/mol. The van der Waals surface area contributed by atoms with Gasteiger partial charge in [0.2, 0.25) is 0 Å². The summed E-state index contributed by atoms with van der Waals surface area (Å²) in [4.78, 5) is 24.4. The molecule has 8 nitrogen and oxygen atoms in total. The van der Waals surface area contributed by atoms with Crippen molar-refractivity contribution in [2.24, 2.45) is 5.84 Å². The highest BCUT2D eigenvalue weighted by atomic mass is 32.1. The molecule has 0 unspecified atom stereocenters. The van der Waals surface area contributed by atoms with Crippen molar-refractivity contribution in [3.05, 3.63) is 38.8 Å². The number of rotatable bonds is 3. The van der Waals surface area contributed by atoms with E-state index in [0.29, 0.717) is 10.7 Å². The molecule has 0 aliphatic heterocycles. The fourth-order valence-electron chi connectivity index (χ4n) is 1.15. The minimum absolute atomic E-state index is 0.200. The van der Waals surface area contributed by atoms with Crippen LogP contribution in [-0.2, 0) is 6.54 Å². The van der Waals surface area contributed by atoms with Crippen LogP contribution < -0.4 is 22.5 Å². The van der Waals surface area contributed by atoms with Crippen LogP contribution in [0.25, 0.3) is 0 Å². The minimum Gasteiger partial charge on any atom is -0.313 e. The second kappa shape index (κ2) is 4.24. The number of hydrogen-bond acceptors (Lipinski definition) is 7. The van der Waals surface area contributed by atoms with Crippen molar-refractivity contribution in [1.29, 1.82) is 0 Å². The van der Waals surface area contributed by atoms with Gasteiger partial charge in [-0.2, -0.15) is 0 Å². The highest BCUT2D eigenvalue weighted by Gasteiger charge is 2.08. The molecule has 84 valence electrons. The van der Waals surface area contributed by atoms with E-state index in [1.165, 1.54) is 16.8 Å². The van der Waals surface area contributed by atoms with Crippen LogP contribution in [-0.4, -0.2) is 19.1 Å². The summed E-state index contributed by atoms with van der Waals surface area (Å²) in [6, 6.07) is 1.26. The van der Waals surface area contributed by atoms with Crippen LogP contribution in [0.5, 0.6) is 0 Å². The molecule has 16 heavy (non-hydrogen) atoms. The zero-order valence-electron chi connectivity index (χ0n) is 8.01. The van der Waals surface area contributed by atoms with E-state index in [1.54, 1.807) is 0 Å². The summed E-state index contributed by atoms with van der Waals surface area (Å²) in [6.45, 7) is 0.200. The molecule has 0 fully saturated rings. The van der Waals surface area contributed by atoms with E-state index in [9.17, 15) is 9.59 Å². The van der Waals surface area contributed by atoms with Gasteiger partial charge in [0.15, 0.2) is 0 Å². The van der Waals surface area contributed by atoms with Crippen LogP contribution in [0, 0.1) is 0 Å². The molecule has 2 aromatic heterocycles. The summed E-state index contributed by atoms with van der Waals surface area (Å²) < 4.78 is 5.00. The molecule has 0 aliphatic carbocycles. The van der Waals surface area contributed by atoms with Crippen molar-refractivity contribution >= 4 is 16.5 Å².